The molecule has 2 atom stereocenters. The van der Waals surface area contributed by atoms with Crippen molar-refractivity contribution in [2.45, 2.75) is 51.1 Å². The minimum atomic E-state index is 0.456. The van der Waals surface area contributed by atoms with Gasteiger partial charge in [-0.05, 0) is 63.3 Å². The molecule has 6 heteroatoms. The molecule has 0 spiro atoms. The van der Waals surface area contributed by atoms with E-state index >= 15 is 0 Å². The first kappa shape index (κ1) is 19.6. The number of nitrogens with one attached hydrogen (secondary N) is 2. The lowest BCUT2D eigenvalue weighted by Crippen LogP contribution is -2.50. The first-order chi connectivity index (χ1) is 12.8. The number of thiophene rings is 1. The Morgan fingerprint density at radius 1 is 1.23 bits per heavy atom. The quantitative estimate of drug-likeness (QED) is 0.566. The van der Waals surface area contributed by atoms with Crippen LogP contribution in [0.4, 0.5) is 0 Å². The lowest BCUT2D eigenvalue weighted by atomic mass is 10.0. The molecule has 2 fully saturated rings. The molecule has 5 nitrogen and oxygen atoms in total. The van der Waals surface area contributed by atoms with Crippen LogP contribution in [-0.4, -0.2) is 68.1 Å². The summed E-state index contributed by atoms with van der Waals surface area (Å²) in [5, 5.41) is 9.36. The molecule has 3 rings (SSSR count). The predicted molar refractivity (Wildman–Crippen MR) is 112 cm³/mol. The predicted octanol–water partition coefficient (Wildman–Crippen LogP) is 2.92. The summed E-state index contributed by atoms with van der Waals surface area (Å²) >= 11 is 1.87. The van der Waals surface area contributed by atoms with Gasteiger partial charge in [0.15, 0.2) is 5.96 Å². The van der Waals surface area contributed by atoms with Crippen molar-refractivity contribution in [2.24, 2.45) is 4.99 Å². The summed E-state index contributed by atoms with van der Waals surface area (Å²) in [5.41, 5.74) is 0. The van der Waals surface area contributed by atoms with E-state index in [0.29, 0.717) is 12.1 Å². The summed E-state index contributed by atoms with van der Waals surface area (Å²) in [5.74, 6) is 0.937. The SMILES string of the molecule is CCN1CCCCC1CNC(=NC)NCC(c1cccs1)N1CCCC1. The van der Waals surface area contributed by atoms with E-state index in [1.54, 1.807) is 0 Å². The van der Waals surface area contributed by atoms with Crippen molar-refractivity contribution in [1.29, 1.82) is 0 Å². The van der Waals surface area contributed by atoms with Crippen LogP contribution in [0.2, 0.25) is 0 Å². The third kappa shape index (κ3) is 5.21. The average molecular weight is 378 g/mol. The van der Waals surface area contributed by atoms with Crippen molar-refractivity contribution in [3.63, 3.8) is 0 Å². The topological polar surface area (TPSA) is 42.9 Å². The highest BCUT2D eigenvalue weighted by molar-refractivity contribution is 7.10. The lowest BCUT2D eigenvalue weighted by molar-refractivity contribution is 0.157. The highest BCUT2D eigenvalue weighted by Crippen LogP contribution is 2.27. The van der Waals surface area contributed by atoms with E-state index in [4.69, 9.17) is 0 Å². The van der Waals surface area contributed by atoms with Crippen LogP contribution >= 0.6 is 11.3 Å². The minimum Gasteiger partial charge on any atom is -0.355 e. The number of aliphatic imine (C=N–C) groups is 1. The van der Waals surface area contributed by atoms with Crippen LogP contribution in [-0.2, 0) is 0 Å². The Labute approximate surface area is 162 Å². The molecule has 0 bridgehead atoms. The van der Waals surface area contributed by atoms with Gasteiger partial charge in [0.05, 0.1) is 6.04 Å². The molecule has 2 unspecified atom stereocenters. The summed E-state index contributed by atoms with van der Waals surface area (Å²) in [6, 6.07) is 5.53. The second-order valence-electron chi connectivity index (χ2n) is 7.39. The first-order valence-corrected chi connectivity index (χ1v) is 11.2. The van der Waals surface area contributed by atoms with Gasteiger partial charge in [-0.2, -0.15) is 0 Å². The molecule has 1 aromatic rings. The van der Waals surface area contributed by atoms with E-state index in [9.17, 15) is 0 Å². The maximum absolute atomic E-state index is 4.46. The number of piperidine rings is 1. The number of guanidine groups is 1. The number of hydrogen-bond acceptors (Lipinski definition) is 4. The molecule has 3 heterocycles. The molecule has 0 radical (unpaired) electrons. The number of likely N-dealkylation sites (N-methyl/N-ethyl adjacent to an activating group) is 1. The maximum Gasteiger partial charge on any atom is 0.191 e. The Hall–Kier alpha value is -1.11. The van der Waals surface area contributed by atoms with Gasteiger partial charge in [-0.15, -0.1) is 11.3 Å². The van der Waals surface area contributed by atoms with Gasteiger partial charge >= 0.3 is 0 Å². The summed E-state index contributed by atoms with van der Waals surface area (Å²) in [6.07, 6.45) is 6.64. The first-order valence-electron chi connectivity index (χ1n) is 10.3. The maximum atomic E-state index is 4.46. The minimum absolute atomic E-state index is 0.456. The van der Waals surface area contributed by atoms with Crippen LogP contribution in [0.1, 0.15) is 49.9 Å². The summed E-state index contributed by atoms with van der Waals surface area (Å²) in [7, 11) is 1.88. The Balaban J connectivity index is 1.52. The molecule has 2 saturated heterocycles. The van der Waals surface area contributed by atoms with Crippen molar-refractivity contribution in [3.05, 3.63) is 22.4 Å². The summed E-state index contributed by atoms with van der Waals surface area (Å²) in [6.45, 7) is 8.99. The number of likely N-dealkylation sites (tertiary alicyclic amines) is 2. The van der Waals surface area contributed by atoms with Crippen LogP contribution in [0.3, 0.4) is 0 Å². The van der Waals surface area contributed by atoms with Crippen molar-refractivity contribution >= 4 is 17.3 Å². The third-order valence-corrected chi connectivity index (χ3v) is 6.77. The molecule has 146 valence electrons. The lowest BCUT2D eigenvalue weighted by Gasteiger charge is -2.35. The van der Waals surface area contributed by atoms with Crippen molar-refractivity contribution in [1.82, 2.24) is 20.4 Å². The van der Waals surface area contributed by atoms with Crippen molar-refractivity contribution in [3.8, 4) is 0 Å². The van der Waals surface area contributed by atoms with Gasteiger partial charge in [0, 0.05) is 31.1 Å². The molecule has 0 saturated carbocycles. The average Bonchev–Trinajstić information content (AvgIpc) is 3.39. The molecule has 2 aliphatic rings. The van der Waals surface area contributed by atoms with Crippen LogP contribution in [0.5, 0.6) is 0 Å². The number of rotatable bonds is 7. The van der Waals surface area contributed by atoms with Crippen molar-refractivity contribution in [2.75, 3.05) is 46.3 Å². The Kier molecular flexibility index (Phi) is 7.77. The normalized spacial score (nSPS) is 23.9. The molecule has 1 aromatic heterocycles. The largest absolute Gasteiger partial charge is 0.355 e. The van der Waals surface area contributed by atoms with Gasteiger partial charge in [-0.25, -0.2) is 0 Å². The Morgan fingerprint density at radius 2 is 2.04 bits per heavy atom. The molecule has 2 N–H and O–H groups in total. The van der Waals surface area contributed by atoms with Crippen molar-refractivity contribution < 1.29 is 0 Å². The van der Waals surface area contributed by atoms with Gasteiger partial charge in [0.25, 0.3) is 0 Å². The van der Waals surface area contributed by atoms with E-state index in [2.05, 4.69) is 49.9 Å². The van der Waals surface area contributed by atoms with Crippen LogP contribution < -0.4 is 10.6 Å². The standard InChI is InChI=1S/C20H35N5S/c1-3-24-11-5-4-9-17(24)15-22-20(21-2)23-16-18(19-10-8-14-26-19)25-12-6-7-13-25/h8,10,14,17-18H,3-7,9,11-13,15-16H2,1-2H3,(H2,21,22,23). The monoisotopic (exact) mass is 377 g/mol. The van der Waals surface area contributed by atoms with Crippen LogP contribution in [0, 0.1) is 0 Å². The Morgan fingerprint density at radius 3 is 2.73 bits per heavy atom. The fraction of sp³-hybridized carbons (Fsp3) is 0.750. The second kappa shape index (κ2) is 10.3. The number of hydrogen-bond donors (Lipinski definition) is 2. The molecule has 0 aliphatic carbocycles. The van der Waals surface area contributed by atoms with Gasteiger partial charge in [-0.1, -0.05) is 19.4 Å². The fourth-order valence-electron chi connectivity index (χ4n) is 4.28. The molecular weight excluding hydrogens is 342 g/mol. The molecule has 0 aromatic carbocycles. The molecule has 26 heavy (non-hydrogen) atoms. The van der Waals surface area contributed by atoms with Gasteiger partial charge < -0.3 is 10.6 Å². The third-order valence-electron chi connectivity index (χ3n) is 5.80. The van der Waals surface area contributed by atoms with Crippen LogP contribution in [0.15, 0.2) is 22.5 Å². The second-order valence-corrected chi connectivity index (χ2v) is 8.37. The molecule has 2 aliphatic heterocycles. The molecule has 0 amide bonds. The highest BCUT2D eigenvalue weighted by Gasteiger charge is 2.25. The zero-order valence-corrected chi connectivity index (χ0v) is 17.2. The van der Waals surface area contributed by atoms with Gasteiger partial charge in [-0.3, -0.25) is 14.8 Å². The van der Waals surface area contributed by atoms with Gasteiger partial charge in [0.1, 0.15) is 0 Å². The van der Waals surface area contributed by atoms with Crippen LogP contribution in [0.25, 0.3) is 0 Å². The van der Waals surface area contributed by atoms with E-state index in [-0.39, 0.29) is 0 Å². The smallest absolute Gasteiger partial charge is 0.191 e. The summed E-state index contributed by atoms with van der Waals surface area (Å²) in [4.78, 5) is 11.1. The Bertz CT molecular complexity index is 538. The fourth-order valence-corrected chi connectivity index (χ4v) is 5.14. The summed E-state index contributed by atoms with van der Waals surface area (Å²) < 4.78 is 0. The highest BCUT2D eigenvalue weighted by atomic mass is 32.1. The molecular formula is C20H35N5S. The van der Waals surface area contributed by atoms with E-state index in [1.165, 1.54) is 56.6 Å². The van der Waals surface area contributed by atoms with E-state index in [0.717, 1.165) is 25.6 Å². The van der Waals surface area contributed by atoms with E-state index in [1.807, 2.05) is 18.4 Å². The van der Waals surface area contributed by atoms with E-state index < -0.39 is 0 Å². The van der Waals surface area contributed by atoms with Gasteiger partial charge in [0.2, 0.25) is 0 Å². The zero-order valence-electron chi connectivity index (χ0n) is 16.4. The number of nitrogens with zero attached hydrogens (tertiary/aromatic N) is 3. The zero-order chi connectivity index (χ0) is 18.2.